The first kappa shape index (κ1) is 22.9. The molecule has 0 radical (unpaired) electrons. The molecule has 1 aliphatic heterocycles. The van der Waals surface area contributed by atoms with Gasteiger partial charge in [0.25, 0.3) is 0 Å². The van der Waals surface area contributed by atoms with Gasteiger partial charge in [0.15, 0.2) is 0 Å². The van der Waals surface area contributed by atoms with E-state index in [-0.39, 0.29) is 10.8 Å². The number of hydrogen-bond donors (Lipinski definition) is 2. The molecule has 0 fully saturated rings. The summed E-state index contributed by atoms with van der Waals surface area (Å²) in [4.78, 5) is 5.83. The molecule has 0 atom stereocenters. The number of nitrogens with one attached hydrogen (secondary N) is 2. The molecule has 0 saturated heterocycles. The van der Waals surface area contributed by atoms with E-state index in [1.165, 1.54) is 11.1 Å². The summed E-state index contributed by atoms with van der Waals surface area (Å²) >= 11 is 0. The average Bonchev–Trinajstić information content (AvgIpc) is 3.10. The maximum Gasteiger partial charge on any atom is 0.235 e. The van der Waals surface area contributed by atoms with Crippen molar-refractivity contribution in [2.75, 3.05) is 17.8 Å². The van der Waals surface area contributed by atoms with Crippen LogP contribution in [0.1, 0.15) is 72.3 Å². The van der Waals surface area contributed by atoms with Gasteiger partial charge < -0.3 is 4.98 Å². The van der Waals surface area contributed by atoms with Gasteiger partial charge in [0.2, 0.25) is 10.0 Å². The topological polar surface area (TPSA) is 65.2 Å². The molecule has 2 heterocycles. The van der Waals surface area contributed by atoms with Crippen molar-refractivity contribution in [3.63, 3.8) is 0 Å². The van der Waals surface area contributed by atoms with Crippen LogP contribution in [0.5, 0.6) is 0 Å². The van der Waals surface area contributed by atoms with Gasteiger partial charge in [0, 0.05) is 47.0 Å². The van der Waals surface area contributed by atoms with Gasteiger partial charge in [-0.2, -0.15) is 0 Å². The Morgan fingerprint density at radius 1 is 1.17 bits per heavy atom. The molecule has 2 N–H and O–H groups in total. The highest BCUT2D eigenvalue weighted by Crippen LogP contribution is 2.33. The average molecular weight is 432 g/mol. The Labute approximate surface area is 182 Å². The summed E-state index contributed by atoms with van der Waals surface area (Å²) in [5, 5.41) is 0.742. The molecule has 0 saturated carbocycles. The van der Waals surface area contributed by atoms with E-state index in [1.54, 1.807) is 0 Å². The smallest absolute Gasteiger partial charge is 0.235 e. The van der Waals surface area contributed by atoms with Gasteiger partial charge in [-0.25, -0.2) is 8.42 Å². The zero-order valence-corrected chi connectivity index (χ0v) is 19.9. The van der Waals surface area contributed by atoms with E-state index >= 15 is 0 Å². The molecule has 0 amide bonds. The molecule has 0 spiro atoms. The lowest BCUT2D eigenvalue weighted by Gasteiger charge is -2.37. The highest BCUT2D eigenvalue weighted by atomic mass is 32.2. The minimum Gasteiger partial charge on any atom is -0.361 e. The predicted octanol–water partition coefficient (Wildman–Crippen LogP) is 5.77. The number of rotatable bonds is 8. The molecule has 6 heteroatoms. The van der Waals surface area contributed by atoms with E-state index in [1.807, 2.05) is 32.0 Å². The molecular formula is C24H37N3O2S. The van der Waals surface area contributed by atoms with Gasteiger partial charge >= 0.3 is 0 Å². The van der Waals surface area contributed by atoms with Crippen molar-refractivity contribution in [3.8, 4) is 0 Å². The molecule has 0 aliphatic carbocycles. The van der Waals surface area contributed by atoms with Crippen molar-refractivity contribution in [1.82, 2.24) is 9.88 Å². The molecule has 1 aromatic heterocycles. The van der Waals surface area contributed by atoms with Gasteiger partial charge in [-0.3, -0.25) is 9.62 Å². The van der Waals surface area contributed by atoms with Gasteiger partial charge in [0.1, 0.15) is 0 Å². The van der Waals surface area contributed by atoms with E-state index in [2.05, 4.69) is 47.7 Å². The number of aromatic nitrogens is 1. The number of aromatic amines is 1. The lowest BCUT2D eigenvalue weighted by Crippen LogP contribution is -2.43. The third-order valence-corrected chi connectivity index (χ3v) is 7.98. The van der Waals surface area contributed by atoms with Crippen LogP contribution in [0.4, 0.5) is 5.69 Å². The fourth-order valence-electron chi connectivity index (χ4n) is 4.32. The zero-order valence-electron chi connectivity index (χ0n) is 19.1. The largest absolute Gasteiger partial charge is 0.361 e. The number of H-pyrrole nitrogens is 1. The first-order valence-corrected chi connectivity index (χ1v) is 12.8. The third kappa shape index (κ3) is 5.09. The highest BCUT2D eigenvalue weighted by molar-refractivity contribution is 7.93. The van der Waals surface area contributed by atoms with Gasteiger partial charge in [-0.1, -0.05) is 32.8 Å². The Morgan fingerprint density at radius 3 is 2.43 bits per heavy atom. The van der Waals surface area contributed by atoms with E-state index in [4.69, 9.17) is 0 Å². The normalized spacial score (nSPS) is 16.3. The summed E-state index contributed by atoms with van der Waals surface area (Å²) < 4.78 is 28.7. The monoisotopic (exact) mass is 431 g/mol. The quantitative estimate of drug-likeness (QED) is 0.558. The van der Waals surface area contributed by atoms with Crippen LogP contribution in [0.15, 0.2) is 30.5 Å². The fraction of sp³-hybridized carbons (Fsp3) is 0.583. The molecular weight excluding hydrogens is 394 g/mol. The summed E-state index contributed by atoms with van der Waals surface area (Å²) in [6, 6.07) is 5.80. The van der Waals surface area contributed by atoms with Crippen molar-refractivity contribution < 1.29 is 8.42 Å². The number of benzene rings is 1. The molecule has 30 heavy (non-hydrogen) atoms. The van der Waals surface area contributed by atoms with E-state index in [9.17, 15) is 8.42 Å². The molecule has 166 valence electrons. The van der Waals surface area contributed by atoms with Crippen molar-refractivity contribution in [2.24, 2.45) is 0 Å². The Kier molecular flexibility index (Phi) is 6.98. The van der Waals surface area contributed by atoms with Crippen LogP contribution in [-0.4, -0.2) is 42.2 Å². The van der Waals surface area contributed by atoms with Crippen LogP contribution in [0, 0.1) is 0 Å². The van der Waals surface area contributed by atoms with E-state index in [0.717, 1.165) is 43.3 Å². The summed E-state index contributed by atoms with van der Waals surface area (Å²) in [6.45, 7) is 12.8. The lowest BCUT2D eigenvalue weighted by molar-refractivity contribution is 0.153. The number of hydrogen-bond acceptors (Lipinski definition) is 3. The van der Waals surface area contributed by atoms with Crippen molar-refractivity contribution in [1.29, 1.82) is 0 Å². The second kappa shape index (κ2) is 9.15. The fourth-order valence-corrected chi connectivity index (χ4v) is 6.03. The number of fused-ring (bicyclic) bond motifs is 1. The summed E-state index contributed by atoms with van der Waals surface area (Å²) in [6.07, 6.45) is 8.48. The molecule has 3 rings (SSSR count). The Bertz CT molecular complexity index is 993. The van der Waals surface area contributed by atoms with Gasteiger partial charge in [-0.05, 0) is 63.8 Å². The van der Waals surface area contributed by atoms with E-state index < -0.39 is 10.0 Å². The molecule has 5 nitrogen and oxygen atoms in total. The van der Waals surface area contributed by atoms with Crippen LogP contribution in [-0.2, 0) is 10.0 Å². The van der Waals surface area contributed by atoms with Crippen LogP contribution >= 0.6 is 0 Å². The first-order chi connectivity index (χ1) is 14.2. The SMILES string of the molecule is CCCC(CCC)S(=O)(=O)Nc1ccc2[nH]cc(C3=CCN(C(C)(C)C)CC3)c2c1. The molecule has 2 aromatic rings. The molecule has 0 unspecified atom stereocenters. The maximum absolute atomic E-state index is 12.9. The standard InChI is InChI=1S/C24H37N3O2S/c1-6-8-20(9-7-2)30(28,29)26-19-10-11-23-21(16-19)22(17-25-23)18-12-14-27(15-13-18)24(3,4)5/h10-12,16-17,20,25-26H,6-9,13-15H2,1-5H3. The molecule has 1 aliphatic rings. The minimum atomic E-state index is -3.39. The van der Waals surface area contributed by atoms with Crippen LogP contribution in [0.3, 0.4) is 0 Å². The van der Waals surface area contributed by atoms with Crippen molar-refractivity contribution in [2.45, 2.75) is 77.5 Å². The highest BCUT2D eigenvalue weighted by Gasteiger charge is 2.25. The summed E-state index contributed by atoms with van der Waals surface area (Å²) in [7, 11) is -3.39. The first-order valence-electron chi connectivity index (χ1n) is 11.2. The van der Waals surface area contributed by atoms with Crippen LogP contribution in [0.25, 0.3) is 16.5 Å². The number of anilines is 1. The van der Waals surface area contributed by atoms with Crippen molar-refractivity contribution in [3.05, 3.63) is 36.0 Å². The van der Waals surface area contributed by atoms with Crippen LogP contribution in [0.2, 0.25) is 0 Å². The Morgan fingerprint density at radius 2 is 1.87 bits per heavy atom. The molecule has 0 bridgehead atoms. The number of sulfonamides is 1. The zero-order chi connectivity index (χ0) is 21.9. The minimum absolute atomic E-state index is 0.168. The predicted molar refractivity (Wildman–Crippen MR) is 128 cm³/mol. The maximum atomic E-state index is 12.9. The van der Waals surface area contributed by atoms with Gasteiger partial charge in [-0.15, -0.1) is 0 Å². The second-order valence-electron chi connectivity index (χ2n) is 9.41. The number of nitrogens with zero attached hydrogens (tertiary/aromatic N) is 1. The lowest BCUT2D eigenvalue weighted by atomic mass is 9.95. The summed E-state index contributed by atoms with van der Waals surface area (Å²) in [5.41, 5.74) is 4.36. The van der Waals surface area contributed by atoms with Crippen molar-refractivity contribution >= 4 is 32.2 Å². The summed E-state index contributed by atoms with van der Waals surface area (Å²) in [5.74, 6) is 0. The van der Waals surface area contributed by atoms with Gasteiger partial charge in [0.05, 0.1) is 5.25 Å². The third-order valence-electron chi connectivity index (χ3n) is 6.11. The Balaban J connectivity index is 1.86. The van der Waals surface area contributed by atoms with Crippen LogP contribution < -0.4 is 4.72 Å². The Hall–Kier alpha value is -1.79. The second-order valence-corrected chi connectivity index (χ2v) is 11.4. The molecule has 1 aromatic carbocycles. The van der Waals surface area contributed by atoms with E-state index in [0.29, 0.717) is 18.5 Å².